The molecule has 0 atom stereocenters. The van der Waals surface area contributed by atoms with Crippen LogP contribution in [0.2, 0.25) is 10.0 Å². The summed E-state index contributed by atoms with van der Waals surface area (Å²) in [4.78, 5) is 27.9. The maximum absolute atomic E-state index is 12.2. The third-order valence-electron chi connectivity index (χ3n) is 3.55. The number of rotatable bonds is 5. The van der Waals surface area contributed by atoms with E-state index in [0.717, 1.165) is 0 Å². The summed E-state index contributed by atoms with van der Waals surface area (Å²) >= 11 is 11.8. The Morgan fingerprint density at radius 2 is 1.86 bits per heavy atom. The van der Waals surface area contributed by atoms with E-state index in [0.29, 0.717) is 21.9 Å². The van der Waals surface area contributed by atoms with Gasteiger partial charge in [-0.2, -0.15) is 5.10 Å². The molecule has 0 aliphatic heterocycles. The molecule has 0 aliphatic rings. The Labute approximate surface area is 170 Å². The lowest BCUT2D eigenvalue weighted by Crippen LogP contribution is -2.17. The summed E-state index contributed by atoms with van der Waals surface area (Å²) in [6.45, 7) is 0. The van der Waals surface area contributed by atoms with Gasteiger partial charge in [0.15, 0.2) is 0 Å². The van der Waals surface area contributed by atoms with Crippen LogP contribution in [0.5, 0.6) is 5.75 Å². The molecule has 1 amide bonds. The van der Waals surface area contributed by atoms with E-state index in [1.807, 2.05) is 0 Å². The van der Waals surface area contributed by atoms with Crippen LogP contribution in [0.1, 0.15) is 26.3 Å². The molecule has 0 saturated carbocycles. The highest BCUT2D eigenvalue weighted by molar-refractivity contribution is 6.36. The van der Waals surface area contributed by atoms with Gasteiger partial charge in [0.25, 0.3) is 5.91 Å². The van der Waals surface area contributed by atoms with E-state index in [4.69, 9.17) is 27.9 Å². The minimum atomic E-state index is -0.591. The number of pyridine rings is 1. The highest BCUT2D eigenvalue weighted by Crippen LogP contribution is 2.22. The van der Waals surface area contributed by atoms with Crippen molar-refractivity contribution < 1.29 is 14.3 Å². The monoisotopic (exact) mass is 413 g/mol. The fraction of sp³-hybridized carbons (Fsp3) is 0. The summed E-state index contributed by atoms with van der Waals surface area (Å²) in [5.41, 5.74) is 3.73. The van der Waals surface area contributed by atoms with Crippen molar-refractivity contribution in [2.75, 3.05) is 0 Å². The molecule has 28 heavy (non-hydrogen) atoms. The van der Waals surface area contributed by atoms with Crippen molar-refractivity contribution in [3.63, 3.8) is 0 Å². The lowest BCUT2D eigenvalue weighted by atomic mass is 10.2. The van der Waals surface area contributed by atoms with Gasteiger partial charge in [0, 0.05) is 17.4 Å². The second-order valence-corrected chi connectivity index (χ2v) is 6.37. The largest absolute Gasteiger partial charge is 0.423 e. The number of nitrogens with one attached hydrogen (secondary N) is 1. The lowest BCUT2D eigenvalue weighted by molar-refractivity contribution is 0.0734. The van der Waals surface area contributed by atoms with Crippen molar-refractivity contribution >= 4 is 41.3 Å². The maximum atomic E-state index is 12.2. The first-order valence-corrected chi connectivity index (χ1v) is 8.79. The highest BCUT2D eigenvalue weighted by Gasteiger charge is 2.13. The summed E-state index contributed by atoms with van der Waals surface area (Å²) in [5.74, 6) is -0.617. The maximum Gasteiger partial charge on any atom is 0.345 e. The van der Waals surface area contributed by atoms with Crippen LogP contribution >= 0.6 is 23.2 Å². The molecule has 0 spiro atoms. The van der Waals surface area contributed by atoms with Gasteiger partial charge in [-0.15, -0.1) is 0 Å². The van der Waals surface area contributed by atoms with Crippen LogP contribution < -0.4 is 10.2 Å². The molecule has 6 nitrogen and oxygen atoms in total. The third kappa shape index (κ3) is 5.16. The number of carbonyl (C=O) groups excluding carboxylic acids is 2. The minimum Gasteiger partial charge on any atom is -0.423 e. The molecule has 1 heterocycles. The van der Waals surface area contributed by atoms with Crippen LogP contribution in [0.25, 0.3) is 0 Å². The zero-order chi connectivity index (χ0) is 19.9. The molecule has 0 fully saturated rings. The standard InChI is InChI=1S/C20H13Cl2N3O3/c21-15-5-8-17(18(22)10-15)20(27)28-16-6-3-13(4-7-16)11-24-25-19(26)14-2-1-9-23-12-14/h1-12H,(H,25,26). The van der Waals surface area contributed by atoms with Crippen molar-refractivity contribution in [2.24, 2.45) is 5.10 Å². The number of halogens is 2. The second-order valence-electron chi connectivity index (χ2n) is 5.52. The number of amides is 1. The number of aromatic nitrogens is 1. The third-order valence-corrected chi connectivity index (χ3v) is 4.09. The van der Waals surface area contributed by atoms with Gasteiger partial charge in [-0.1, -0.05) is 23.2 Å². The van der Waals surface area contributed by atoms with Gasteiger partial charge in [0.2, 0.25) is 0 Å². The van der Waals surface area contributed by atoms with E-state index in [-0.39, 0.29) is 16.5 Å². The van der Waals surface area contributed by atoms with E-state index in [1.54, 1.807) is 48.7 Å². The molecule has 1 N–H and O–H groups in total. The molecule has 2 aromatic carbocycles. The van der Waals surface area contributed by atoms with Crippen LogP contribution in [0.3, 0.4) is 0 Å². The van der Waals surface area contributed by atoms with Crippen LogP contribution in [-0.2, 0) is 0 Å². The SMILES string of the molecule is O=C(NN=Cc1ccc(OC(=O)c2ccc(Cl)cc2Cl)cc1)c1cccnc1. The number of hydrogen-bond acceptors (Lipinski definition) is 5. The van der Waals surface area contributed by atoms with Gasteiger partial charge in [0.1, 0.15) is 5.75 Å². The molecule has 0 unspecified atom stereocenters. The number of hydrazone groups is 1. The molecular weight excluding hydrogens is 401 g/mol. The second kappa shape index (κ2) is 9.12. The molecule has 140 valence electrons. The number of esters is 1. The first kappa shape index (κ1) is 19.5. The summed E-state index contributed by atoms with van der Waals surface area (Å²) in [6, 6.07) is 14.4. The van der Waals surface area contributed by atoms with Crippen LogP contribution in [0, 0.1) is 0 Å². The molecule has 1 aromatic heterocycles. The number of benzene rings is 2. The summed E-state index contributed by atoms with van der Waals surface area (Å²) in [7, 11) is 0. The number of hydrogen-bond donors (Lipinski definition) is 1. The van der Waals surface area contributed by atoms with Crippen LogP contribution in [0.15, 0.2) is 72.1 Å². The smallest absolute Gasteiger partial charge is 0.345 e. The molecule has 3 rings (SSSR count). The van der Waals surface area contributed by atoms with Gasteiger partial charge in [-0.05, 0) is 60.2 Å². The van der Waals surface area contributed by atoms with Gasteiger partial charge in [-0.3, -0.25) is 9.78 Å². The van der Waals surface area contributed by atoms with Crippen molar-refractivity contribution in [1.82, 2.24) is 10.4 Å². The quantitative estimate of drug-likeness (QED) is 0.291. The molecule has 0 aliphatic carbocycles. The molecule has 0 saturated heterocycles. The number of ether oxygens (including phenoxy) is 1. The lowest BCUT2D eigenvalue weighted by Gasteiger charge is -2.06. The summed E-state index contributed by atoms with van der Waals surface area (Å²) in [6.07, 6.45) is 4.49. The average Bonchev–Trinajstić information content (AvgIpc) is 2.69. The molecule has 0 radical (unpaired) electrons. The Balaban J connectivity index is 1.59. The summed E-state index contributed by atoms with van der Waals surface area (Å²) in [5, 5.41) is 4.53. The topological polar surface area (TPSA) is 80.6 Å². The number of carbonyl (C=O) groups is 2. The zero-order valence-electron chi connectivity index (χ0n) is 14.3. The fourth-order valence-electron chi connectivity index (χ4n) is 2.17. The molecule has 0 bridgehead atoms. The minimum absolute atomic E-state index is 0.214. The van der Waals surface area contributed by atoms with E-state index >= 15 is 0 Å². The van der Waals surface area contributed by atoms with E-state index in [9.17, 15) is 9.59 Å². The molecule has 3 aromatic rings. The predicted octanol–water partition coefficient (Wildman–Crippen LogP) is 4.37. The van der Waals surface area contributed by atoms with Gasteiger partial charge in [0.05, 0.1) is 22.4 Å². The normalized spacial score (nSPS) is 10.6. The first-order valence-electron chi connectivity index (χ1n) is 8.03. The summed E-state index contributed by atoms with van der Waals surface area (Å²) < 4.78 is 5.29. The predicted molar refractivity (Wildman–Crippen MR) is 107 cm³/mol. The Kier molecular flexibility index (Phi) is 6.37. The van der Waals surface area contributed by atoms with Crippen LogP contribution in [-0.4, -0.2) is 23.1 Å². The Morgan fingerprint density at radius 1 is 1.07 bits per heavy atom. The van der Waals surface area contributed by atoms with Crippen molar-refractivity contribution in [3.8, 4) is 5.75 Å². The Bertz CT molecular complexity index is 1020. The first-order chi connectivity index (χ1) is 13.5. The van der Waals surface area contributed by atoms with Crippen molar-refractivity contribution in [3.05, 3.63) is 93.7 Å². The van der Waals surface area contributed by atoms with E-state index in [2.05, 4.69) is 15.5 Å². The molecule has 8 heteroatoms. The van der Waals surface area contributed by atoms with Crippen molar-refractivity contribution in [2.45, 2.75) is 0 Å². The highest BCUT2D eigenvalue weighted by atomic mass is 35.5. The number of nitrogens with zero attached hydrogens (tertiary/aromatic N) is 2. The van der Waals surface area contributed by atoms with Gasteiger partial charge in [-0.25, -0.2) is 10.2 Å². The van der Waals surface area contributed by atoms with Crippen LogP contribution in [0.4, 0.5) is 0 Å². The Hall–Kier alpha value is -3.22. The Morgan fingerprint density at radius 3 is 2.54 bits per heavy atom. The van der Waals surface area contributed by atoms with E-state index < -0.39 is 5.97 Å². The van der Waals surface area contributed by atoms with Gasteiger partial charge >= 0.3 is 5.97 Å². The van der Waals surface area contributed by atoms with E-state index in [1.165, 1.54) is 24.5 Å². The van der Waals surface area contributed by atoms with Crippen molar-refractivity contribution in [1.29, 1.82) is 0 Å². The van der Waals surface area contributed by atoms with Gasteiger partial charge < -0.3 is 4.74 Å². The zero-order valence-corrected chi connectivity index (χ0v) is 15.8. The average molecular weight is 414 g/mol. The fourth-order valence-corrected chi connectivity index (χ4v) is 2.65. The molecular formula is C20H13Cl2N3O3.